The molecule has 0 saturated carbocycles. The molecule has 0 bridgehead atoms. The van der Waals surface area contributed by atoms with Gasteiger partial charge in [0.2, 0.25) is 0 Å². The van der Waals surface area contributed by atoms with E-state index in [9.17, 15) is 4.79 Å². The number of carbonyl (C=O) groups excluding carboxylic acids is 1. The van der Waals surface area contributed by atoms with E-state index < -0.39 is 11.7 Å². The highest BCUT2D eigenvalue weighted by molar-refractivity contribution is 9.10. The van der Waals surface area contributed by atoms with Crippen LogP contribution in [0, 0.1) is 0 Å². The van der Waals surface area contributed by atoms with Gasteiger partial charge in [-0.15, -0.1) is 0 Å². The topological polar surface area (TPSA) is 59.6 Å². The predicted molar refractivity (Wildman–Crippen MR) is 83.4 cm³/mol. The molecular weight excluding hydrogens is 324 g/mol. The maximum Gasteiger partial charge on any atom is 0.407 e. The van der Waals surface area contributed by atoms with E-state index in [2.05, 4.69) is 26.6 Å². The Kier molecular flexibility index (Phi) is 6.13. The standard InChI is InChI=1S/C14H21BrN2O3/c1-14(2,3)20-13(18)17-8-7-16-11-6-5-10(15)9-12(11)19-4/h5-6,9,16H,7-8H2,1-4H3,(H,17,18). The molecule has 1 aromatic rings. The zero-order valence-corrected chi connectivity index (χ0v) is 13.8. The number of halogens is 1. The summed E-state index contributed by atoms with van der Waals surface area (Å²) in [5.41, 5.74) is 0.397. The summed E-state index contributed by atoms with van der Waals surface area (Å²) in [7, 11) is 1.62. The van der Waals surface area contributed by atoms with Crippen molar-refractivity contribution < 1.29 is 14.3 Å². The van der Waals surface area contributed by atoms with Gasteiger partial charge in [0.15, 0.2) is 0 Å². The number of benzene rings is 1. The molecule has 1 rings (SSSR count). The third-order valence-electron chi connectivity index (χ3n) is 2.27. The first-order valence-electron chi connectivity index (χ1n) is 6.36. The van der Waals surface area contributed by atoms with E-state index in [1.165, 1.54) is 0 Å². The molecular formula is C14H21BrN2O3. The number of carbonyl (C=O) groups is 1. The van der Waals surface area contributed by atoms with Gasteiger partial charge in [0.05, 0.1) is 12.8 Å². The van der Waals surface area contributed by atoms with E-state index in [0.29, 0.717) is 13.1 Å². The summed E-state index contributed by atoms with van der Waals surface area (Å²) in [6.45, 7) is 6.54. The summed E-state index contributed by atoms with van der Waals surface area (Å²) in [4.78, 5) is 11.4. The van der Waals surface area contributed by atoms with Gasteiger partial charge in [-0.3, -0.25) is 0 Å². The Hall–Kier alpha value is -1.43. The first-order chi connectivity index (χ1) is 9.31. The van der Waals surface area contributed by atoms with E-state index in [1.807, 2.05) is 39.0 Å². The lowest BCUT2D eigenvalue weighted by molar-refractivity contribution is 0.0530. The molecule has 6 heteroatoms. The smallest absolute Gasteiger partial charge is 0.407 e. The van der Waals surface area contributed by atoms with Crippen molar-refractivity contribution in [3.8, 4) is 5.75 Å². The zero-order chi connectivity index (χ0) is 15.2. The molecule has 5 nitrogen and oxygen atoms in total. The molecule has 0 fully saturated rings. The maximum absolute atomic E-state index is 11.4. The van der Waals surface area contributed by atoms with Gasteiger partial charge in [0.1, 0.15) is 11.4 Å². The largest absolute Gasteiger partial charge is 0.495 e. The molecule has 0 aliphatic rings. The molecule has 0 radical (unpaired) electrons. The van der Waals surface area contributed by atoms with E-state index in [0.717, 1.165) is 15.9 Å². The van der Waals surface area contributed by atoms with Crippen molar-refractivity contribution in [2.24, 2.45) is 0 Å². The van der Waals surface area contributed by atoms with Crippen molar-refractivity contribution in [1.29, 1.82) is 0 Å². The number of anilines is 1. The Morgan fingerprint density at radius 2 is 2.00 bits per heavy atom. The first-order valence-corrected chi connectivity index (χ1v) is 7.15. The lowest BCUT2D eigenvalue weighted by Gasteiger charge is -2.19. The van der Waals surface area contributed by atoms with Crippen molar-refractivity contribution in [3.63, 3.8) is 0 Å². The second-order valence-corrected chi connectivity index (χ2v) is 6.12. The van der Waals surface area contributed by atoms with Gasteiger partial charge < -0.3 is 20.1 Å². The number of amides is 1. The van der Waals surface area contributed by atoms with Crippen LogP contribution in [0.15, 0.2) is 22.7 Å². The van der Waals surface area contributed by atoms with Crippen LogP contribution in [0.5, 0.6) is 5.75 Å². The Balaban J connectivity index is 2.36. The van der Waals surface area contributed by atoms with E-state index in [-0.39, 0.29) is 0 Å². The lowest BCUT2D eigenvalue weighted by Crippen LogP contribution is -2.35. The molecule has 0 heterocycles. The van der Waals surface area contributed by atoms with E-state index >= 15 is 0 Å². The van der Waals surface area contributed by atoms with Gasteiger partial charge in [0.25, 0.3) is 0 Å². The zero-order valence-electron chi connectivity index (χ0n) is 12.2. The highest BCUT2D eigenvalue weighted by Crippen LogP contribution is 2.27. The minimum Gasteiger partial charge on any atom is -0.495 e. The van der Waals surface area contributed by atoms with Gasteiger partial charge in [-0.25, -0.2) is 4.79 Å². The highest BCUT2D eigenvalue weighted by Gasteiger charge is 2.15. The molecule has 0 aliphatic carbocycles. The maximum atomic E-state index is 11.4. The second-order valence-electron chi connectivity index (χ2n) is 5.20. The third-order valence-corrected chi connectivity index (χ3v) is 2.77. The monoisotopic (exact) mass is 344 g/mol. The van der Waals surface area contributed by atoms with Gasteiger partial charge >= 0.3 is 6.09 Å². The van der Waals surface area contributed by atoms with Gasteiger partial charge in [-0.1, -0.05) is 15.9 Å². The van der Waals surface area contributed by atoms with Gasteiger partial charge in [0, 0.05) is 17.6 Å². The van der Waals surface area contributed by atoms with Crippen LogP contribution in [-0.4, -0.2) is 31.9 Å². The predicted octanol–water partition coefficient (Wildman–Crippen LogP) is 3.39. The molecule has 0 atom stereocenters. The molecule has 0 aliphatic heterocycles. The minimum absolute atomic E-state index is 0.415. The van der Waals surface area contributed by atoms with E-state index in [4.69, 9.17) is 9.47 Å². The summed E-state index contributed by atoms with van der Waals surface area (Å²) in [5, 5.41) is 5.88. The van der Waals surface area contributed by atoms with E-state index in [1.54, 1.807) is 7.11 Å². The molecule has 112 valence electrons. The van der Waals surface area contributed by atoms with Crippen molar-refractivity contribution in [1.82, 2.24) is 5.32 Å². The number of alkyl carbamates (subject to hydrolysis) is 1. The van der Waals surface area contributed by atoms with Crippen molar-refractivity contribution in [3.05, 3.63) is 22.7 Å². The Bertz CT molecular complexity index is 458. The number of methoxy groups -OCH3 is 1. The van der Waals surface area contributed by atoms with Crippen LogP contribution >= 0.6 is 15.9 Å². The fourth-order valence-electron chi connectivity index (χ4n) is 1.49. The van der Waals surface area contributed by atoms with Gasteiger partial charge in [-0.05, 0) is 39.0 Å². The average Bonchev–Trinajstić information content (AvgIpc) is 2.33. The lowest BCUT2D eigenvalue weighted by atomic mass is 10.2. The van der Waals surface area contributed by atoms with Crippen LogP contribution in [0.4, 0.5) is 10.5 Å². The molecule has 1 amide bonds. The highest BCUT2D eigenvalue weighted by atomic mass is 79.9. The normalized spacial score (nSPS) is 10.8. The van der Waals surface area contributed by atoms with Crippen molar-refractivity contribution >= 4 is 27.7 Å². The summed E-state index contributed by atoms with van der Waals surface area (Å²) < 4.78 is 11.4. The summed E-state index contributed by atoms with van der Waals surface area (Å²) in [6, 6.07) is 5.71. The first kappa shape index (κ1) is 16.6. The summed E-state index contributed by atoms with van der Waals surface area (Å²) in [5.74, 6) is 0.747. The minimum atomic E-state index is -0.480. The number of rotatable bonds is 5. The fourth-order valence-corrected chi connectivity index (χ4v) is 1.83. The van der Waals surface area contributed by atoms with Crippen LogP contribution in [-0.2, 0) is 4.74 Å². The molecule has 0 spiro atoms. The molecule has 2 N–H and O–H groups in total. The Labute approximate surface area is 128 Å². The molecule has 1 aromatic carbocycles. The molecule has 0 aromatic heterocycles. The van der Waals surface area contributed by atoms with Crippen LogP contribution in [0.25, 0.3) is 0 Å². The second kappa shape index (κ2) is 7.38. The number of ether oxygens (including phenoxy) is 2. The Morgan fingerprint density at radius 1 is 1.30 bits per heavy atom. The fraction of sp³-hybridized carbons (Fsp3) is 0.500. The quantitative estimate of drug-likeness (QED) is 0.803. The number of hydrogen-bond donors (Lipinski definition) is 2. The summed E-state index contributed by atoms with van der Waals surface area (Å²) >= 11 is 3.38. The van der Waals surface area contributed by atoms with Crippen molar-refractivity contribution in [2.75, 3.05) is 25.5 Å². The molecule has 20 heavy (non-hydrogen) atoms. The van der Waals surface area contributed by atoms with Crippen LogP contribution in [0.1, 0.15) is 20.8 Å². The summed E-state index contributed by atoms with van der Waals surface area (Å²) in [6.07, 6.45) is -0.415. The Morgan fingerprint density at radius 3 is 2.60 bits per heavy atom. The number of nitrogens with one attached hydrogen (secondary N) is 2. The van der Waals surface area contributed by atoms with Crippen LogP contribution in [0.3, 0.4) is 0 Å². The molecule has 0 unspecified atom stereocenters. The van der Waals surface area contributed by atoms with Crippen molar-refractivity contribution in [2.45, 2.75) is 26.4 Å². The van der Waals surface area contributed by atoms with Crippen LogP contribution < -0.4 is 15.4 Å². The van der Waals surface area contributed by atoms with Crippen LogP contribution in [0.2, 0.25) is 0 Å². The number of hydrogen-bond acceptors (Lipinski definition) is 4. The SMILES string of the molecule is COc1cc(Br)ccc1NCCNC(=O)OC(C)(C)C. The third kappa shape index (κ3) is 6.14. The molecule has 0 saturated heterocycles. The average molecular weight is 345 g/mol. The van der Waals surface area contributed by atoms with Gasteiger partial charge in [-0.2, -0.15) is 0 Å².